The summed E-state index contributed by atoms with van der Waals surface area (Å²) in [6.07, 6.45) is 5.29. The molecule has 0 radical (unpaired) electrons. The summed E-state index contributed by atoms with van der Waals surface area (Å²) >= 11 is 4.90. The Morgan fingerprint density at radius 2 is 2.24 bits per heavy atom. The van der Waals surface area contributed by atoms with E-state index in [-0.39, 0.29) is 5.91 Å². The Balaban J connectivity index is 1.74. The summed E-state index contributed by atoms with van der Waals surface area (Å²) in [5.41, 5.74) is 1.85. The summed E-state index contributed by atoms with van der Waals surface area (Å²) in [5, 5.41) is 3.92. The Labute approximate surface area is 136 Å². The third-order valence-corrected chi connectivity index (χ3v) is 5.50. The van der Waals surface area contributed by atoms with Crippen molar-refractivity contribution < 1.29 is 4.79 Å². The number of thiazole rings is 1. The molecular formula is C15H16BrN3OS. The van der Waals surface area contributed by atoms with E-state index in [1.54, 1.807) is 6.20 Å². The fourth-order valence-corrected chi connectivity index (χ4v) is 3.39. The lowest BCUT2D eigenvalue weighted by atomic mass is 10.3. The molecule has 6 heteroatoms. The van der Waals surface area contributed by atoms with Crippen molar-refractivity contribution in [3.63, 3.8) is 0 Å². The molecule has 110 valence electrons. The molecular weight excluding hydrogens is 350 g/mol. The van der Waals surface area contributed by atoms with Gasteiger partial charge in [-0.25, -0.2) is 9.97 Å². The van der Waals surface area contributed by atoms with Gasteiger partial charge in [-0.3, -0.25) is 4.79 Å². The first-order valence-electron chi connectivity index (χ1n) is 6.92. The van der Waals surface area contributed by atoms with Gasteiger partial charge in [0.15, 0.2) is 0 Å². The lowest BCUT2D eigenvalue weighted by molar-refractivity contribution is 0.102. The quantitative estimate of drug-likeness (QED) is 0.886. The van der Waals surface area contributed by atoms with Crippen LogP contribution in [0, 0.1) is 19.8 Å². The van der Waals surface area contributed by atoms with Crippen LogP contribution < -0.4 is 5.32 Å². The van der Waals surface area contributed by atoms with Crippen molar-refractivity contribution in [1.29, 1.82) is 0 Å². The summed E-state index contributed by atoms with van der Waals surface area (Å²) < 4.78 is 0.932. The number of halogens is 1. The number of pyridine rings is 1. The molecule has 1 aliphatic rings. The second kappa shape index (κ2) is 5.85. The van der Waals surface area contributed by atoms with Crippen LogP contribution in [0.4, 0.5) is 5.82 Å². The van der Waals surface area contributed by atoms with E-state index < -0.39 is 0 Å². The zero-order chi connectivity index (χ0) is 15.0. The molecule has 2 aromatic rings. The van der Waals surface area contributed by atoms with Crippen molar-refractivity contribution in [1.82, 2.24) is 9.97 Å². The van der Waals surface area contributed by atoms with Crippen LogP contribution in [0.1, 0.15) is 38.8 Å². The monoisotopic (exact) mass is 365 g/mol. The minimum absolute atomic E-state index is 0.124. The number of anilines is 1. The molecule has 0 bridgehead atoms. The van der Waals surface area contributed by atoms with Gasteiger partial charge in [-0.2, -0.15) is 0 Å². The van der Waals surface area contributed by atoms with Crippen molar-refractivity contribution in [3.8, 4) is 0 Å². The van der Waals surface area contributed by atoms with Crippen molar-refractivity contribution in [2.75, 3.05) is 5.32 Å². The number of aryl methyl sites for hydroxylation is 2. The van der Waals surface area contributed by atoms with Gasteiger partial charge in [-0.15, -0.1) is 11.3 Å². The second-order valence-corrected chi connectivity index (χ2v) is 7.38. The van der Waals surface area contributed by atoms with Crippen LogP contribution in [0.5, 0.6) is 0 Å². The summed E-state index contributed by atoms with van der Waals surface area (Å²) in [5.74, 6) is 1.22. The van der Waals surface area contributed by atoms with E-state index in [2.05, 4.69) is 31.2 Å². The number of carbonyl (C=O) groups is 1. The van der Waals surface area contributed by atoms with Crippen LogP contribution in [0.3, 0.4) is 0 Å². The Morgan fingerprint density at radius 3 is 2.90 bits per heavy atom. The first-order valence-corrected chi connectivity index (χ1v) is 8.53. The van der Waals surface area contributed by atoms with Crippen LogP contribution in [0.2, 0.25) is 0 Å². The van der Waals surface area contributed by atoms with E-state index in [1.165, 1.54) is 24.2 Å². The number of rotatable bonds is 4. The first-order chi connectivity index (χ1) is 10.0. The molecule has 21 heavy (non-hydrogen) atoms. The van der Waals surface area contributed by atoms with Crippen molar-refractivity contribution in [2.24, 2.45) is 5.92 Å². The molecule has 1 fully saturated rings. The zero-order valence-electron chi connectivity index (χ0n) is 11.9. The standard InChI is InChI=1S/C15H16BrN3OS/c1-8-5-12(17-7-11(8)16)19-15(20)14-9(2)18-13(21-14)6-10-3-4-10/h5,7,10H,3-4,6H2,1-2H3,(H,17,19,20). The Morgan fingerprint density at radius 1 is 1.48 bits per heavy atom. The molecule has 3 rings (SSSR count). The average molecular weight is 366 g/mol. The van der Waals surface area contributed by atoms with Gasteiger partial charge in [-0.05, 0) is 60.2 Å². The normalized spacial score (nSPS) is 14.2. The van der Waals surface area contributed by atoms with Gasteiger partial charge < -0.3 is 5.32 Å². The number of amides is 1. The maximum atomic E-state index is 12.4. The van der Waals surface area contributed by atoms with Crippen molar-refractivity contribution >= 4 is 39.0 Å². The van der Waals surface area contributed by atoms with E-state index in [4.69, 9.17) is 0 Å². The molecule has 4 nitrogen and oxygen atoms in total. The maximum Gasteiger partial charge on any atom is 0.268 e. The SMILES string of the molecule is Cc1cc(NC(=O)c2sc(CC3CC3)nc2C)ncc1Br. The number of carbonyl (C=O) groups excluding carboxylic acids is 1. The molecule has 1 N–H and O–H groups in total. The molecule has 1 aliphatic carbocycles. The molecule has 1 amide bonds. The van der Waals surface area contributed by atoms with Gasteiger partial charge >= 0.3 is 0 Å². The minimum atomic E-state index is -0.124. The highest BCUT2D eigenvalue weighted by atomic mass is 79.9. The third-order valence-electron chi connectivity index (χ3n) is 3.50. The van der Waals surface area contributed by atoms with Gasteiger partial charge in [0.25, 0.3) is 5.91 Å². The van der Waals surface area contributed by atoms with Crippen LogP contribution in [0.15, 0.2) is 16.7 Å². The molecule has 0 unspecified atom stereocenters. The number of nitrogens with one attached hydrogen (secondary N) is 1. The molecule has 0 spiro atoms. The Kier molecular flexibility index (Phi) is 4.08. The topological polar surface area (TPSA) is 54.9 Å². The fraction of sp³-hybridized carbons (Fsp3) is 0.400. The predicted molar refractivity (Wildman–Crippen MR) is 87.9 cm³/mol. The van der Waals surface area contributed by atoms with Crippen molar-refractivity contribution in [3.05, 3.63) is 37.9 Å². The molecule has 0 atom stereocenters. The number of aromatic nitrogens is 2. The molecule has 2 aromatic heterocycles. The second-order valence-electron chi connectivity index (χ2n) is 5.44. The largest absolute Gasteiger partial charge is 0.306 e. The summed E-state index contributed by atoms with van der Waals surface area (Å²) in [4.78, 5) is 21.8. The van der Waals surface area contributed by atoms with Crippen LogP contribution in [-0.4, -0.2) is 15.9 Å². The van der Waals surface area contributed by atoms with Crippen LogP contribution >= 0.6 is 27.3 Å². The smallest absolute Gasteiger partial charge is 0.268 e. The molecule has 0 saturated heterocycles. The summed E-state index contributed by atoms with van der Waals surface area (Å²) in [6, 6.07) is 1.85. The van der Waals surface area contributed by atoms with E-state index >= 15 is 0 Å². The van der Waals surface area contributed by atoms with Gasteiger partial charge in [0.2, 0.25) is 0 Å². The van der Waals surface area contributed by atoms with Crippen LogP contribution in [0.25, 0.3) is 0 Å². The van der Waals surface area contributed by atoms with Crippen molar-refractivity contribution in [2.45, 2.75) is 33.1 Å². The van der Waals surface area contributed by atoms with Crippen LogP contribution in [-0.2, 0) is 6.42 Å². The molecule has 0 aromatic carbocycles. The van der Waals surface area contributed by atoms with E-state index in [0.717, 1.165) is 33.1 Å². The highest BCUT2D eigenvalue weighted by Crippen LogP contribution is 2.34. The molecule has 2 heterocycles. The van der Waals surface area contributed by atoms with Gasteiger partial charge in [0.1, 0.15) is 10.7 Å². The fourth-order valence-electron chi connectivity index (χ4n) is 2.10. The van der Waals surface area contributed by atoms with Gasteiger partial charge in [0.05, 0.1) is 10.7 Å². The van der Waals surface area contributed by atoms with Gasteiger partial charge in [-0.1, -0.05) is 0 Å². The maximum absolute atomic E-state index is 12.4. The summed E-state index contributed by atoms with van der Waals surface area (Å²) in [7, 11) is 0. The highest BCUT2D eigenvalue weighted by molar-refractivity contribution is 9.10. The number of hydrogen-bond acceptors (Lipinski definition) is 4. The number of nitrogens with zero attached hydrogens (tertiary/aromatic N) is 2. The molecule has 1 saturated carbocycles. The minimum Gasteiger partial charge on any atom is -0.306 e. The predicted octanol–water partition coefficient (Wildman–Crippen LogP) is 4.12. The average Bonchev–Trinajstić information content (AvgIpc) is 3.16. The lowest BCUT2D eigenvalue weighted by Gasteiger charge is -2.05. The van der Waals surface area contributed by atoms with E-state index in [0.29, 0.717) is 10.7 Å². The van der Waals surface area contributed by atoms with Gasteiger partial charge in [0, 0.05) is 17.1 Å². The highest BCUT2D eigenvalue weighted by Gasteiger charge is 2.24. The Bertz CT molecular complexity index is 694. The third kappa shape index (κ3) is 3.49. The summed E-state index contributed by atoms with van der Waals surface area (Å²) in [6.45, 7) is 3.86. The number of hydrogen-bond donors (Lipinski definition) is 1. The first kappa shape index (κ1) is 14.7. The van der Waals surface area contributed by atoms with E-state index in [1.807, 2.05) is 19.9 Å². The lowest BCUT2D eigenvalue weighted by Crippen LogP contribution is -2.12. The van der Waals surface area contributed by atoms with E-state index in [9.17, 15) is 4.79 Å². The zero-order valence-corrected chi connectivity index (χ0v) is 14.3. The molecule has 0 aliphatic heterocycles. The Hall–Kier alpha value is -1.27.